The summed E-state index contributed by atoms with van der Waals surface area (Å²) in [6.45, 7) is 4.91. The zero-order valence-electron chi connectivity index (χ0n) is 8.69. The zero-order chi connectivity index (χ0) is 11.0. The van der Waals surface area contributed by atoms with E-state index in [-0.39, 0.29) is 25.2 Å². The molecule has 0 spiro atoms. The standard InChI is InChI=1S/C7H13NO4.C2H6/c9-3-5-4-12-6(2-8-5)1-7(10)11;1-2/h5-6,8-9H,1-4H2,(H,10,11);1-2H3/t5-,6-;/m0./s1. The van der Waals surface area contributed by atoms with Crippen LogP contribution < -0.4 is 5.32 Å². The number of rotatable bonds is 3. The van der Waals surface area contributed by atoms with Crippen molar-refractivity contribution in [3.8, 4) is 0 Å². The number of aliphatic hydroxyl groups excluding tert-OH is 1. The van der Waals surface area contributed by atoms with Gasteiger partial charge in [-0.3, -0.25) is 4.79 Å². The molecule has 0 aromatic heterocycles. The molecule has 2 atom stereocenters. The van der Waals surface area contributed by atoms with Gasteiger partial charge in [-0.1, -0.05) is 13.8 Å². The van der Waals surface area contributed by atoms with Crippen molar-refractivity contribution in [3.63, 3.8) is 0 Å². The third kappa shape index (κ3) is 5.16. The summed E-state index contributed by atoms with van der Waals surface area (Å²) in [7, 11) is 0. The Hall–Kier alpha value is -0.650. The quantitative estimate of drug-likeness (QED) is 0.596. The molecular weight excluding hydrogens is 186 g/mol. The maximum atomic E-state index is 10.3. The lowest BCUT2D eigenvalue weighted by Gasteiger charge is -2.28. The van der Waals surface area contributed by atoms with Crippen LogP contribution in [-0.4, -0.2) is 48.1 Å². The molecule has 1 rings (SSSR count). The highest BCUT2D eigenvalue weighted by Gasteiger charge is 2.21. The zero-order valence-corrected chi connectivity index (χ0v) is 8.69. The van der Waals surface area contributed by atoms with E-state index in [0.717, 1.165) is 0 Å². The summed E-state index contributed by atoms with van der Waals surface area (Å²) in [6.07, 6.45) is -0.240. The molecule has 5 heteroatoms. The second-order valence-corrected chi connectivity index (χ2v) is 2.84. The Kier molecular flexibility index (Phi) is 7.37. The number of nitrogens with one attached hydrogen (secondary N) is 1. The lowest BCUT2D eigenvalue weighted by Crippen LogP contribution is -2.48. The van der Waals surface area contributed by atoms with Crippen molar-refractivity contribution in [2.75, 3.05) is 19.8 Å². The first-order chi connectivity index (χ1) is 6.72. The summed E-state index contributed by atoms with van der Waals surface area (Å²) in [5.41, 5.74) is 0. The van der Waals surface area contributed by atoms with Crippen molar-refractivity contribution < 1.29 is 19.7 Å². The van der Waals surface area contributed by atoms with Gasteiger partial charge in [0.25, 0.3) is 0 Å². The monoisotopic (exact) mass is 205 g/mol. The van der Waals surface area contributed by atoms with Crippen LogP contribution in [0.4, 0.5) is 0 Å². The van der Waals surface area contributed by atoms with Crippen LogP contribution in [0.2, 0.25) is 0 Å². The third-order valence-electron chi connectivity index (χ3n) is 1.79. The molecular formula is C9H19NO4. The van der Waals surface area contributed by atoms with Gasteiger partial charge in [-0.05, 0) is 0 Å². The number of hydrogen-bond donors (Lipinski definition) is 3. The Morgan fingerprint density at radius 2 is 2.21 bits per heavy atom. The summed E-state index contributed by atoms with van der Waals surface area (Å²) in [5.74, 6) is -0.857. The largest absolute Gasteiger partial charge is 0.481 e. The van der Waals surface area contributed by atoms with E-state index in [9.17, 15) is 4.79 Å². The summed E-state index contributed by atoms with van der Waals surface area (Å²) in [4.78, 5) is 10.3. The van der Waals surface area contributed by atoms with Gasteiger partial charge in [0.2, 0.25) is 0 Å². The van der Waals surface area contributed by atoms with Crippen LogP contribution >= 0.6 is 0 Å². The van der Waals surface area contributed by atoms with E-state index in [1.807, 2.05) is 13.8 Å². The average Bonchev–Trinajstić information content (AvgIpc) is 2.21. The van der Waals surface area contributed by atoms with Crippen LogP contribution in [0.15, 0.2) is 0 Å². The predicted octanol–water partition coefficient (Wildman–Crippen LogP) is -0.163. The van der Waals surface area contributed by atoms with E-state index in [2.05, 4.69) is 5.32 Å². The average molecular weight is 205 g/mol. The molecule has 0 aliphatic carbocycles. The van der Waals surface area contributed by atoms with Gasteiger partial charge in [0.05, 0.1) is 31.8 Å². The number of carboxylic acid groups (broad SMARTS) is 1. The molecule has 1 heterocycles. The number of aliphatic carboxylic acids is 1. The van der Waals surface area contributed by atoms with Gasteiger partial charge >= 0.3 is 5.97 Å². The first kappa shape index (κ1) is 13.4. The summed E-state index contributed by atoms with van der Waals surface area (Å²) >= 11 is 0. The number of hydrogen-bond acceptors (Lipinski definition) is 4. The van der Waals surface area contributed by atoms with E-state index < -0.39 is 5.97 Å². The van der Waals surface area contributed by atoms with E-state index in [1.54, 1.807) is 0 Å². The molecule has 1 saturated heterocycles. The SMILES string of the molecule is CC.O=C(O)C[C@H]1CN[C@@H](CO)CO1. The second-order valence-electron chi connectivity index (χ2n) is 2.84. The number of carbonyl (C=O) groups is 1. The molecule has 14 heavy (non-hydrogen) atoms. The van der Waals surface area contributed by atoms with Crippen LogP contribution in [-0.2, 0) is 9.53 Å². The summed E-state index contributed by atoms with van der Waals surface area (Å²) in [6, 6.07) is -0.0463. The molecule has 0 bridgehead atoms. The lowest BCUT2D eigenvalue weighted by atomic mass is 10.2. The third-order valence-corrected chi connectivity index (χ3v) is 1.79. The van der Waals surface area contributed by atoms with Crippen LogP contribution in [0.25, 0.3) is 0 Å². The van der Waals surface area contributed by atoms with Crippen LogP contribution in [0.5, 0.6) is 0 Å². The molecule has 0 unspecified atom stereocenters. The van der Waals surface area contributed by atoms with Gasteiger partial charge < -0.3 is 20.3 Å². The van der Waals surface area contributed by atoms with Crippen LogP contribution in [0.3, 0.4) is 0 Å². The molecule has 0 aromatic carbocycles. The van der Waals surface area contributed by atoms with Gasteiger partial charge in [0.15, 0.2) is 0 Å². The Balaban J connectivity index is 0.000000791. The molecule has 5 nitrogen and oxygen atoms in total. The number of carboxylic acids is 1. The topological polar surface area (TPSA) is 78.8 Å². The molecule has 0 saturated carbocycles. The highest BCUT2D eigenvalue weighted by molar-refractivity contribution is 5.67. The molecule has 84 valence electrons. The van der Waals surface area contributed by atoms with Crippen molar-refractivity contribution in [1.82, 2.24) is 5.32 Å². The summed E-state index contributed by atoms with van der Waals surface area (Å²) in [5, 5.41) is 20.1. The fourth-order valence-electron chi connectivity index (χ4n) is 1.11. The lowest BCUT2D eigenvalue weighted by molar-refractivity contribution is -0.141. The normalized spacial score (nSPS) is 26.2. The van der Waals surface area contributed by atoms with Crippen molar-refractivity contribution in [3.05, 3.63) is 0 Å². The number of morpholine rings is 1. The van der Waals surface area contributed by atoms with E-state index >= 15 is 0 Å². The maximum absolute atomic E-state index is 10.3. The maximum Gasteiger partial charge on any atom is 0.306 e. The van der Waals surface area contributed by atoms with Crippen molar-refractivity contribution in [2.24, 2.45) is 0 Å². The van der Waals surface area contributed by atoms with Gasteiger partial charge in [-0.2, -0.15) is 0 Å². The highest BCUT2D eigenvalue weighted by atomic mass is 16.5. The van der Waals surface area contributed by atoms with E-state index in [0.29, 0.717) is 13.2 Å². The minimum absolute atomic E-state index is 0.0190. The minimum Gasteiger partial charge on any atom is -0.481 e. The fraction of sp³-hybridized carbons (Fsp3) is 0.889. The Bertz CT molecular complexity index is 155. The number of aliphatic hydroxyl groups is 1. The first-order valence-corrected chi connectivity index (χ1v) is 4.90. The second kappa shape index (κ2) is 7.73. The number of ether oxygens (including phenoxy) is 1. The molecule has 0 amide bonds. The minimum atomic E-state index is -0.857. The molecule has 3 N–H and O–H groups in total. The van der Waals surface area contributed by atoms with E-state index in [1.165, 1.54) is 0 Å². The van der Waals surface area contributed by atoms with Crippen molar-refractivity contribution in [2.45, 2.75) is 32.4 Å². The van der Waals surface area contributed by atoms with Gasteiger partial charge in [-0.25, -0.2) is 0 Å². The molecule has 1 aliphatic rings. The summed E-state index contributed by atoms with van der Waals surface area (Å²) < 4.78 is 5.19. The van der Waals surface area contributed by atoms with Crippen LogP contribution in [0.1, 0.15) is 20.3 Å². The first-order valence-electron chi connectivity index (χ1n) is 4.90. The Morgan fingerprint density at radius 3 is 2.57 bits per heavy atom. The van der Waals surface area contributed by atoms with Gasteiger partial charge in [0.1, 0.15) is 0 Å². The molecule has 0 radical (unpaired) electrons. The van der Waals surface area contributed by atoms with Crippen molar-refractivity contribution in [1.29, 1.82) is 0 Å². The van der Waals surface area contributed by atoms with E-state index in [4.69, 9.17) is 14.9 Å². The van der Waals surface area contributed by atoms with Gasteiger partial charge in [0, 0.05) is 6.54 Å². The molecule has 1 aliphatic heterocycles. The fourth-order valence-corrected chi connectivity index (χ4v) is 1.11. The smallest absolute Gasteiger partial charge is 0.306 e. The predicted molar refractivity (Wildman–Crippen MR) is 52.2 cm³/mol. The van der Waals surface area contributed by atoms with Crippen molar-refractivity contribution >= 4 is 5.97 Å². The highest BCUT2D eigenvalue weighted by Crippen LogP contribution is 2.04. The van der Waals surface area contributed by atoms with Crippen LogP contribution in [0, 0.1) is 0 Å². The Morgan fingerprint density at radius 1 is 1.57 bits per heavy atom. The molecule has 0 aromatic rings. The Labute approximate surface area is 84.1 Å². The van der Waals surface area contributed by atoms with Gasteiger partial charge in [-0.15, -0.1) is 0 Å². The molecule has 1 fully saturated rings.